The summed E-state index contributed by atoms with van der Waals surface area (Å²) in [5.74, 6) is 2.39. The van der Waals surface area contributed by atoms with Crippen LogP contribution >= 0.6 is 0 Å². The Bertz CT molecular complexity index is 1460. The normalized spacial score (nSPS) is 12.9. The number of hydrogen-bond donors (Lipinski definition) is 0. The fraction of sp³-hybridized carbons (Fsp3) is 0.455. The minimum absolute atomic E-state index is 0.0873. The first kappa shape index (κ1) is 26.9. The lowest BCUT2D eigenvalue weighted by Crippen LogP contribution is -2.31. The van der Waals surface area contributed by atoms with Crippen LogP contribution in [0.5, 0.6) is 0 Å². The second kappa shape index (κ2) is 9.01. The minimum atomic E-state index is -0.164. The lowest BCUT2D eigenvalue weighted by molar-refractivity contribution is -0.659. The Balaban J connectivity index is 1.93. The smallest absolute Gasteiger partial charge is 0.213 e. The van der Waals surface area contributed by atoms with Gasteiger partial charge >= 0.3 is 0 Å². The topological polar surface area (TPSA) is 42.6 Å². The molecule has 0 atom stereocenters. The average Bonchev–Trinajstić information content (AvgIpc) is 2.78. The van der Waals surface area contributed by atoms with Crippen molar-refractivity contribution in [2.24, 2.45) is 7.05 Å². The molecule has 0 spiro atoms. The molecule has 194 valence electrons. The van der Waals surface area contributed by atoms with Gasteiger partial charge in [-0.1, -0.05) is 74.4 Å². The first-order valence-corrected chi connectivity index (χ1v) is 13.3. The second-order valence-corrected chi connectivity index (χ2v) is 13.6. The number of hydrogen-bond acceptors (Lipinski definition) is 3. The zero-order valence-electron chi connectivity index (χ0n) is 24.8. The van der Waals surface area contributed by atoms with Gasteiger partial charge < -0.3 is 0 Å². The van der Waals surface area contributed by atoms with Gasteiger partial charge in [0, 0.05) is 33.4 Å². The van der Waals surface area contributed by atoms with E-state index in [9.17, 15) is 0 Å². The number of aromatic nitrogens is 4. The number of rotatable bonds is 2. The zero-order chi connectivity index (χ0) is 27.5. The van der Waals surface area contributed by atoms with E-state index < -0.39 is 0 Å². The monoisotopic (exact) mass is 495 g/mol. The van der Waals surface area contributed by atoms with Crippen molar-refractivity contribution in [3.05, 3.63) is 70.9 Å². The molecule has 0 aliphatic rings. The Labute approximate surface area is 223 Å². The van der Waals surface area contributed by atoms with Crippen LogP contribution in [0.25, 0.3) is 33.4 Å². The molecule has 0 aliphatic heterocycles. The third-order valence-electron chi connectivity index (χ3n) is 7.14. The van der Waals surface area contributed by atoms with Crippen LogP contribution in [0, 0.1) is 13.8 Å². The standard InChI is InChI=1S/C33H43N4/c1-20-15-25(31(3,4)5)18-26(21(20)2)27-17-24-16-22(13-14-23(24)19-37(27)12)28-34-29(32(6,7)8)36-30(35-28)33(9,10)11/h13-19H,1-12H3/q+1. The van der Waals surface area contributed by atoms with Crippen molar-refractivity contribution in [3.63, 3.8) is 0 Å². The fourth-order valence-corrected chi connectivity index (χ4v) is 4.49. The molecule has 4 rings (SSSR count). The van der Waals surface area contributed by atoms with E-state index in [1.54, 1.807) is 0 Å². The lowest BCUT2D eigenvalue weighted by Gasteiger charge is -2.22. The van der Waals surface area contributed by atoms with Gasteiger partial charge in [-0.25, -0.2) is 19.5 Å². The molecule has 0 aliphatic carbocycles. The third-order valence-corrected chi connectivity index (χ3v) is 7.14. The largest absolute Gasteiger partial charge is 0.217 e. The molecule has 0 radical (unpaired) electrons. The third kappa shape index (κ3) is 5.44. The lowest BCUT2D eigenvalue weighted by atomic mass is 9.83. The summed E-state index contributed by atoms with van der Waals surface area (Å²) in [4.78, 5) is 14.7. The first-order valence-electron chi connectivity index (χ1n) is 13.3. The summed E-state index contributed by atoms with van der Waals surface area (Å²) in [5, 5.41) is 2.37. The van der Waals surface area contributed by atoms with Crippen LogP contribution in [0.1, 0.15) is 90.7 Å². The van der Waals surface area contributed by atoms with Crippen molar-refractivity contribution < 1.29 is 4.57 Å². The van der Waals surface area contributed by atoms with E-state index >= 15 is 0 Å². The summed E-state index contributed by atoms with van der Waals surface area (Å²) in [6.45, 7) is 24.2. The van der Waals surface area contributed by atoms with Crippen molar-refractivity contribution in [1.82, 2.24) is 15.0 Å². The van der Waals surface area contributed by atoms with Crippen LogP contribution in [0.4, 0.5) is 0 Å². The highest BCUT2D eigenvalue weighted by molar-refractivity contribution is 5.88. The number of nitrogens with zero attached hydrogens (tertiary/aromatic N) is 4. The van der Waals surface area contributed by atoms with E-state index in [-0.39, 0.29) is 16.2 Å². The van der Waals surface area contributed by atoms with E-state index in [0.29, 0.717) is 0 Å². The van der Waals surface area contributed by atoms with E-state index in [1.807, 2.05) is 0 Å². The molecule has 2 aromatic heterocycles. The second-order valence-electron chi connectivity index (χ2n) is 13.6. The summed E-state index contributed by atoms with van der Waals surface area (Å²) in [6, 6.07) is 13.5. The Morgan fingerprint density at radius 1 is 0.649 bits per heavy atom. The quantitative estimate of drug-likeness (QED) is 0.268. The number of benzene rings is 2. The van der Waals surface area contributed by atoms with Gasteiger partial charge in [0.2, 0.25) is 5.69 Å². The molecule has 2 aromatic carbocycles. The highest BCUT2D eigenvalue weighted by atomic mass is 15.1. The maximum atomic E-state index is 4.93. The van der Waals surface area contributed by atoms with Gasteiger partial charge in [0.15, 0.2) is 12.0 Å². The van der Waals surface area contributed by atoms with E-state index in [2.05, 4.69) is 130 Å². The predicted molar refractivity (Wildman–Crippen MR) is 155 cm³/mol. The van der Waals surface area contributed by atoms with Crippen molar-refractivity contribution in [2.75, 3.05) is 0 Å². The molecule has 0 bridgehead atoms. The van der Waals surface area contributed by atoms with Crippen LogP contribution < -0.4 is 4.57 Å². The van der Waals surface area contributed by atoms with E-state index in [4.69, 9.17) is 15.0 Å². The number of fused-ring (bicyclic) bond motifs is 1. The highest BCUT2D eigenvalue weighted by Crippen LogP contribution is 2.33. The minimum Gasteiger partial charge on any atom is -0.217 e. The Kier molecular flexibility index (Phi) is 6.55. The fourth-order valence-electron chi connectivity index (χ4n) is 4.49. The summed E-state index contributed by atoms with van der Waals surface area (Å²) in [7, 11) is 2.14. The molecule has 0 saturated carbocycles. The Morgan fingerprint density at radius 2 is 1.24 bits per heavy atom. The van der Waals surface area contributed by atoms with Gasteiger partial charge in [0.25, 0.3) is 0 Å². The van der Waals surface area contributed by atoms with Crippen molar-refractivity contribution >= 4 is 10.8 Å². The highest BCUT2D eigenvalue weighted by Gasteiger charge is 2.26. The molecule has 37 heavy (non-hydrogen) atoms. The maximum absolute atomic E-state index is 4.93. The average molecular weight is 496 g/mol. The Morgan fingerprint density at radius 3 is 1.78 bits per heavy atom. The van der Waals surface area contributed by atoms with Gasteiger partial charge in [-0.3, -0.25) is 0 Å². The summed E-state index contributed by atoms with van der Waals surface area (Å²) in [5.41, 5.74) is 7.27. The summed E-state index contributed by atoms with van der Waals surface area (Å²) < 4.78 is 2.24. The molecular weight excluding hydrogens is 452 g/mol. The molecule has 4 aromatic rings. The SMILES string of the molecule is Cc1cc(C(C)(C)C)cc(-c2cc3cc(-c4nc(C(C)(C)C)nc(C(C)(C)C)n4)ccc3c[n+]2C)c1C. The molecular formula is C33H43N4+. The van der Waals surface area contributed by atoms with Gasteiger partial charge in [-0.2, -0.15) is 0 Å². The van der Waals surface area contributed by atoms with Crippen LogP contribution in [-0.4, -0.2) is 15.0 Å². The molecule has 4 heteroatoms. The van der Waals surface area contributed by atoms with Gasteiger partial charge in [-0.15, -0.1) is 0 Å². The van der Waals surface area contributed by atoms with Gasteiger partial charge in [0.1, 0.15) is 18.7 Å². The van der Waals surface area contributed by atoms with Crippen molar-refractivity contribution in [1.29, 1.82) is 0 Å². The van der Waals surface area contributed by atoms with E-state index in [0.717, 1.165) is 23.0 Å². The molecule has 0 saturated heterocycles. The summed E-state index contributed by atoms with van der Waals surface area (Å²) >= 11 is 0. The molecule has 0 unspecified atom stereocenters. The maximum Gasteiger partial charge on any atom is 0.213 e. The van der Waals surface area contributed by atoms with Gasteiger partial charge in [-0.05, 0) is 59.5 Å². The Hall–Kier alpha value is -3.14. The van der Waals surface area contributed by atoms with Gasteiger partial charge in [0.05, 0.1) is 0 Å². The first-order chi connectivity index (χ1) is 16.9. The summed E-state index contributed by atoms with van der Waals surface area (Å²) in [6.07, 6.45) is 2.22. The van der Waals surface area contributed by atoms with Crippen LogP contribution in [-0.2, 0) is 23.3 Å². The van der Waals surface area contributed by atoms with Crippen LogP contribution in [0.2, 0.25) is 0 Å². The van der Waals surface area contributed by atoms with Crippen molar-refractivity contribution in [2.45, 2.75) is 92.4 Å². The zero-order valence-corrected chi connectivity index (χ0v) is 24.8. The number of aryl methyl sites for hydroxylation is 2. The number of pyridine rings is 1. The molecule has 2 heterocycles. The predicted octanol–water partition coefficient (Wildman–Crippen LogP) is 7.69. The molecule has 0 fully saturated rings. The van der Waals surface area contributed by atoms with Crippen molar-refractivity contribution in [3.8, 4) is 22.6 Å². The molecule has 0 amide bonds. The molecule has 0 N–H and O–H groups in total. The van der Waals surface area contributed by atoms with Crippen LogP contribution in [0.15, 0.2) is 42.6 Å². The molecule has 4 nitrogen and oxygen atoms in total. The van der Waals surface area contributed by atoms with Crippen LogP contribution in [0.3, 0.4) is 0 Å². The van der Waals surface area contributed by atoms with E-state index in [1.165, 1.54) is 38.7 Å².